The van der Waals surface area contributed by atoms with Gasteiger partial charge in [-0.3, -0.25) is 9.59 Å². The maximum atomic E-state index is 13.4. The molecule has 0 aromatic rings. The van der Waals surface area contributed by atoms with Crippen LogP contribution in [0.3, 0.4) is 0 Å². The molecule has 0 radical (unpaired) electrons. The molecule has 0 aromatic heterocycles. The molecule has 3 nitrogen and oxygen atoms in total. The summed E-state index contributed by atoms with van der Waals surface area (Å²) in [6, 6.07) is 0. The van der Waals surface area contributed by atoms with E-state index < -0.39 is 0 Å². The van der Waals surface area contributed by atoms with Gasteiger partial charge in [-0.2, -0.15) is 0 Å². The number of carbonyl (C=O) groups excluding carboxylic acids is 2. The molecule has 162 valence electrons. The molecule has 2 unspecified atom stereocenters. The largest absolute Gasteiger partial charge is 0.382 e. The predicted octanol–water partition coefficient (Wildman–Crippen LogP) is 6.81. The van der Waals surface area contributed by atoms with Crippen molar-refractivity contribution in [3.63, 3.8) is 0 Å². The van der Waals surface area contributed by atoms with Gasteiger partial charge in [-0.25, -0.2) is 0 Å². The van der Waals surface area contributed by atoms with Gasteiger partial charge in [-0.05, 0) is 45.4 Å². The van der Waals surface area contributed by atoms with E-state index in [-0.39, 0.29) is 11.3 Å². The highest BCUT2D eigenvalue weighted by Crippen LogP contribution is 2.46. The minimum atomic E-state index is -0.333. The highest BCUT2D eigenvalue weighted by Gasteiger charge is 2.46. The zero-order chi connectivity index (χ0) is 20.1. The minimum Gasteiger partial charge on any atom is -0.382 e. The Hall–Kier alpha value is -0.700. The van der Waals surface area contributed by atoms with E-state index in [1.165, 1.54) is 44.9 Å². The van der Waals surface area contributed by atoms with E-state index >= 15 is 0 Å². The second-order valence-corrected chi connectivity index (χ2v) is 9.18. The van der Waals surface area contributed by atoms with E-state index in [0.717, 1.165) is 71.0 Å². The topological polar surface area (TPSA) is 43.4 Å². The Morgan fingerprint density at radius 1 is 0.821 bits per heavy atom. The van der Waals surface area contributed by atoms with Gasteiger partial charge in [0.15, 0.2) is 0 Å². The molecule has 3 heteroatoms. The number of hydrogen-bond donors (Lipinski definition) is 0. The maximum Gasteiger partial charge on any atom is 0.139 e. The Bertz CT molecular complexity index is 459. The Kier molecular flexibility index (Phi) is 11.4. The van der Waals surface area contributed by atoms with E-state index in [4.69, 9.17) is 4.74 Å². The van der Waals surface area contributed by atoms with Crippen molar-refractivity contribution in [2.24, 2.45) is 11.3 Å². The van der Waals surface area contributed by atoms with Crippen LogP contribution in [0.5, 0.6) is 0 Å². The number of ether oxygens (including phenoxy) is 1. The molecule has 2 atom stereocenters. The van der Waals surface area contributed by atoms with Crippen LogP contribution in [0.4, 0.5) is 0 Å². The van der Waals surface area contributed by atoms with E-state index in [2.05, 4.69) is 0 Å². The Labute approximate surface area is 173 Å². The van der Waals surface area contributed by atoms with Crippen molar-refractivity contribution < 1.29 is 14.3 Å². The van der Waals surface area contributed by atoms with Crippen LogP contribution in [0, 0.1) is 11.3 Å². The van der Waals surface area contributed by atoms with Gasteiger partial charge in [-0.1, -0.05) is 64.2 Å². The van der Waals surface area contributed by atoms with Crippen LogP contribution in [-0.2, 0) is 14.3 Å². The number of rotatable bonds is 10. The van der Waals surface area contributed by atoms with Crippen molar-refractivity contribution in [2.45, 2.75) is 122 Å². The van der Waals surface area contributed by atoms with Gasteiger partial charge in [0.2, 0.25) is 0 Å². The summed E-state index contributed by atoms with van der Waals surface area (Å²) in [4.78, 5) is 26.5. The zero-order valence-electron chi connectivity index (χ0n) is 18.4. The minimum absolute atomic E-state index is 0.0105. The first-order valence-corrected chi connectivity index (χ1v) is 12.3. The first-order valence-electron chi connectivity index (χ1n) is 12.3. The van der Waals surface area contributed by atoms with Gasteiger partial charge in [0, 0.05) is 37.4 Å². The van der Waals surface area contributed by atoms with Crippen molar-refractivity contribution >= 4 is 11.6 Å². The van der Waals surface area contributed by atoms with E-state index in [1.807, 2.05) is 6.92 Å². The highest BCUT2D eigenvalue weighted by atomic mass is 16.5. The van der Waals surface area contributed by atoms with Crippen molar-refractivity contribution in [2.75, 3.05) is 13.2 Å². The van der Waals surface area contributed by atoms with Gasteiger partial charge in [0.05, 0.1) is 0 Å². The average molecular weight is 393 g/mol. The second-order valence-electron chi connectivity index (χ2n) is 9.18. The Morgan fingerprint density at radius 3 is 2.32 bits per heavy atom. The molecule has 2 aliphatic rings. The highest BCUT2D eigenvalue weighted by molar-refractivity contribution is 5.92. The average Bonchev–Trinajstić information content (AvgIpc) is 2.67. The van der Waals surface area contributed by atoms with Gasteiger partial charge >= 0.3 is 0 Å². The molecule has 0 heterocycles. The van der Waals surface area contributed by atoms with Crippen molar-refractivity contribution in [1.82, 2.24) is 0 Å². The first-order chi connectivity index (χ1) is 13.7. The lowest BCUT2D eigenvalue weighted by molar-refractivity contribution is -0.143. The molecule has 0 N–H and O–H groups in total. The predicted molar refractivity (Wildman–Crippen MR) is 116 cm³/mol. The number of Topliss-reactive ketones (excluding diaryl/α,β-unsaturated/α-hetero) is 2. The summed E-state index contributed by atoms with van der Waals surface area (Å²) in [5.74, 6) is 0.851. The third kappa shape index (κ3) is 7.28. The van der Waals surface area contributed by atoms with Crippen LogP contribution in [0.1, 0.15) is 122 Å². The smallest absolute Gasteiger partial charge is 0.139 e. The Morgan fingerprint density at radius 2 is 1.50 bits per heavy atom. The zero-order valence-corrected chi connectivity index (χ0v) is 18.4. The summed E-state index contributed by atoms with van der Waals surface area (Å²) in [6.45, 7) is 3.72. The summed E-state index contributed by atoms with van der Waals surface area (Å²) >= 11 is 0. The van der Waals surface area contributed by atoms with Crippen LogP contribution < -0.4 is 0 Å². The molecule has 2 saturated carbocycles. The molecule has 2 aliphatic carbocycles. The molecule has 0 aromatic carbocycles. The van der Waals surface area contributed by atoms with Crippen LogP contribution in [-0.4, -0.2) is 24.8 Å². The maximum absolute atomic E-state index is 13.4. The van der Waals surface area contributed by atoms with Crippen molar-refractivity contribution in [3.05, 3.63) is 0 Å². The lowest BCUT2D eigenvalue weighted by atomic mass is 9.60. The summed E-state index contributed by atoms with van der Waals surface area (Å²) in [5, 5.41) is 0. The SMILES string of the molecule is CCOCCCCCCCC1(C2CCCCCCC2=O)CCCCCCC1=O. The summed E-state index contributed by atoms with van der Waals surface area (Å²) in [7, 11) is 0. The standard InChI is InChI=1S/C25H44O3/c1-2-28-21-15-9-3-7-13-19-25(20-14-8-6-12-18-24(25)27)22-16-10-4-5-11-17-23(22)26/h22H,2-21H2,1H3. The Balaban J connectivity index is 1.99. The number of carbonyl (C=O) groups is 2. The third-order valence-electron chi connectivity index (χ3n) is 7.17. The van der Waals surface area contributed by atoms with E-state index in [1.54, 1.807) is 0 Å². The molecule has 2 rings (SSSR count). The first kappa shape index (κ1) is 23.6. The third-order valence-corrected chi connectivity index (χ3v) is 7.17. The monoisotopic (exact) mass is 392 g/mol. The van der Waals surface area contributed by atoms with Gasteiger partial charge < -0.3 is 4.74 Å². The quantitative estimate of drug-likeness (QED) is 0.383. The molecular weight excluding hydrogens is 348 g/mol. The fourth-order valence-electron chi connectivity index (χ4n) is 5.52. The van der Waals surface area contributed by atoms with Crippen molar-refractivity contribution in [1.29, 1.82) is 0 Å². The normalized spacial score (nSPS) is 27.7. The molecule has 28 heavy (non-hydrogen) atoms. The number of hydrogen-bond acceptors (Lipinski definition) is 3. The van der Waals surface area contributed by atoms with Crippen molar-refractivity contribution in [3.8, 4) is 0 Å². The molecule has 0 amide bonds. The summed E-state index contributed by atoms with van der Waals surface area (Å²) in [5.41, 5.74) is -0.333. The number of ketones is 2. The second kappa shape index (κ2) is 13.5. The summed E-state index contributed by atoms with van der Waals surface area (Å²) < 4.78 is 5.42. The molecular formula is C25H44O3. The molecule has 0 saturated heterocycles. The van der Waals surface area contributed by atoms with Crippen LogP contribution >= 0.6 is 0 Å². The van der Waals surface area contributed by atoms with Gasteiger partial charge in [0.1, 0.15) is 11.6 Å². The molecule has 0 spiro atoms. The summed E-state index contributed by atoms with van der Waals surface area (Å²) in [6.07, 6.45) is 19.3. The van der Waals surface area contributed by atoms with Gasteiger partial charge in [-0.15, -0.1) is 0 Å². The fraction of sp³-hybridized carbons (Fsp3) is 0.920. The lowest BCUT2D eigenvalue weighted by Crippen LogP contribution is -2.43. The number of unbranched alkanes of at least 4 members (excludes halogenated alkanes) is 4. The lowest BCUT2D eigenvalue weighted by Gasteiger charge is -2.41. The molecule has 0 aliphatic heterocycles. The van der Waals surface area contributed by atoms with E-state index in [9.17, 15) is 9.59 Å². The van der Waals surface area contributed by atoms with Crippen LogP contribution in [0.25, 0.3) is 0 Å². The van der Waals surface area contributed by atoms with Crippen LogP contribution in [0.15, 0.2) is 0 Å². The van der Waals surface area contributed by atoms with Crippen LogP contribution in [0.2, 0.25) is 0 Å². The molecule has 2 fully saturated rings. The van der Waals surface area contributed by atoms with Gasteiger partial charge in [0.25, 0.3) is 0 Å². The fourth-order valence-corrected chi connectivity index (χ4v) is 5.52. The van der Waals surface area contributed by atoms with E-state index in [0.29, 0.717) is 24.4 Å². The molecule has 0 bridgehead atoms.